The SMILES string of the molecule is C=CCC1C(C)=NC(C)=NC1=NCCO. The number of amidine groups is 2. The lowest BCUT2D eigenvalue weighted by molar-refractivity contribution is 0.306. The van der Waals surface area contributed by atoms with Crippen LogP contribution in [-0.4, -0.2) is 35.6 Å². The van der Waals surface area contributed by atoms with Crippen LogP contribution in [0.3, 0.4) is 0 Å². The summed E-state index contributed by atoms with van der Waals surface area (Å²) in [6.07, 6.45) is 2.63. The van der Waals surface area contributed by atoms with Gasteiger partial charge in [-0.1, -0.05) is 6.08 Å². The van der Waals surface area contributed by atoms with Gasteiger partial charge in [-0.05, 0) is 20.3 Å². The lowest BCUT2D eigenvalue weighted by atomic mass is 9.98. The van der Waals surface area contributed by atoms with Crippen LogP contribution >= 0.6 is 0 Å². The van der Waals surface area contributed by atoms with Crippen LogP contribution in [0.1, 0.15) is 20.3 Å². The molecule has 1 atom stereocenters. The predicted molar refractivity (Wildman–Crippen MR) is 63.9 cm³/mol. The van der Waals surface area contributed by atoms with Crippen molar-refractivity contribution >= 4 is 17.4 Å². The summed E-state index contributed by atoms with van der Waals surface area (Å²) in [4.78, 5) is 12.9. The lowest BCUT2D eigenvalue weighted by Gasteiger charge is -2.19. The number of hydrogen-bond acceptors (Lipinski definition) is 3. The summed E-state index contributed by atoms with van der Waals surface area (Å²) >= 11 is 0. The van der Waals surface area contributed by atoms with Gasteiger partial charge in [0, 0.05) is 5.71 Å². The molecular formula is C11H17N3O. The summed E-state index contributed by atoms with van der Waals surface area (Å²) < 4.78 is 0. The first-order chi connectivity index (χ1) is 7.19. The molecule has 0 aromatic heterocycles. The molecular weight excluding hydrogens is 190 g/mol. The molecule has 1 unspecified atom stereocenters. The molecule has 0 aliphatic carbocycles. The smallest absolute Gasteiger partial charge is 0.134 e. The van der Waals surface area contributed by atoms with Crippen LogP contribution in [0, 0.1) is 5.92 Å². The van der Waals surface area contributed by atoms with Crippen LogP contribution in [0.4, 0.5) is 0 Å². The van der Waals surface area contributed by atoms with Crippen molar-refractivity contribution in [1.82, 2.24) is 0 Å². The van der Waals surface area contributed by atoms with Crippen LogP contribution in [0.25, 0.3) is 0 Å². The molecule has 15 heavy (non-hydrogen) atoms. The molecule has 82 valence electrons. The third-order valence-electron chi connectivity index (χ3n) is 2.21. The van der Waals surface area contributed by atoms with Crippen molar-refractivity contribution in [2.45, 2.75) is 20.3 Å². The number of allylic oxidation sites excluding steroid dienone is 1. The van der Waals surface area contributed by atoms with E-state index < -0.39 is 0 Å². The van der Waals surface area contributed by atoms with Crippen molar-refractivity contribution in [3.63, 3.8) is 0 Å². The number of nitrogens with zero attached hydrogens (tertiary/aromatic N) is 3. The maximum atomic E-state index is 8.74. The zero-order valence-electron chi connectivity index (χ0n) is 9.27. The van der Waals surface area contributed by atoms with Gasteiger partial charge < -0.3 is 5.11 Å². The first-order valence-corrected chi connectivity index (χ1v) is 5.05. The predicted octanol–water partition coefficient (Wildman–Crippen LogP) is 1.46. The van der Waals surface area contributed by atoms with E-state index in [0.29, 0.717) is 6.54 Å². The van der Waals surface area contributed by atoms with Gasteiger partial charge in [0.25, 0.3) is 0 Å². The van der Waals surface area contributed by atoms with Crippen molar-refractivity contribution in [3.05, 3.63) is 12.7 Å². The minimum atomic E-state index is 0.0507. The Kier molecular flexibility index (Phi) is 4.37. The van der Waals surface area contributed by atoms with Gasteiger partial charge in [0.15, 0.2) is 0 Å². The second kappa shape index (κ2) is 5.56. The van der Waals surface area contributed by atoms with Crippen LogP contribution in [0.15, 0.2) is 27.6 Å². The molecule has 0 bridgehead atoms. The van der Waals surface area contributed by atoms with E-state index in [1.807, 2.05) is 19.9 Å². The van der Waals surface area contributed by atoms with E-state index in [1.165, 1.54) is 0 Å². The van der Waals surface area contributed by atoms with E-state index >= 15 is 0 Å². The standard InChI is InChI=1S/C11H17N3O/c1-4-5-10-8(2)13-9(3)14-11(10)12-6-7-15/h4,10,15H,1,5-7H2,2-3H3. The minimum Gasteiger partial charge on any atom is -0.394 e. The fraction of sp³-hybridized carbons (Fsp3) is 0.545. The first kappa shape index (κ1) is 11.8. The molecule has 1 rings (SSSR count). The third-order valence-corrected chi connectivity index (χ3v) is 2.21. The van der Waals surface area contributed by atoms with Crippen molar-refractivity contribution in [2.75, 3.05) is 13.2 Å². The Morgan fingerprint density at radius 2 is 2.20 bits per heavy atom. The third kappa shape index (κ3) is 3.09. The normalized spacial score (nSPS) is 23.7. The monoisotopic (exact) mass is 207 g/mol. The number of rotatable bonds is 4. The zero-order valence-corrected chi connectivity index (χ0v) is 9.27. The van der Waals surface area contributed by atoms with E-state index in [4.69, 9.17) is 5.11 Å². The van der Waals surface area contributed by atoms with Crippen molar-refractivity contribution in [3.8, 4) is 0 Å². The zero-order chi connectivity index (χ0) is 11.3. The molecule has 0 spiro atoms. The highest BCUT2D eigenvalue weighted by molar-refractivity contribution is 6.16. The first-order valence-electron chi connectivity index (χ1n) is 5.05. The Morgan fingerprint density at radius 1 is 1.47 bits per heavy atom. The summed E-state index contributed by atoms with van der Waals surface area (Å²) in [5.74, 6) is 1.61. The molecule has 0 amide bonds. The van der Waals surface area contributed by atoms with Crippen LogP contribution in [-0.2, 0) is 0 Å². The highest BCUT2D eigenvalue weighted by Crippen LogP contribution is 2.15. The Labute approximate surface area is 90.2 Å². The average Bonchev–Trinajstić information content (AvgIpc) is 2.19. The van der Waals surface area contributed by atoms with Gasteiger partial charge in [0.1, 0.15) is 11.7 Å². The number of aliphatic imine (C=N–C) groups is 3. The Bertz CT molecular complexity index is 329. The van der Waals surface area contributed by atoms with Gasteiger partial charge in [0.2, 0.25) is 0 Å². The van der Waals surface area contributed by atoms with Crippen LogP contribution < -0.4 is 0 Å². The number of aliphatic hydroxyl groups excluding tert-OH is 1. The fourth-order valence-corrected chi connectivity index (χ4v) is 1.54. The van der Waals surface area contributed by atoms with Crippen molar-refractivity contribution < 1.29 is 5.11 Å². The van der Waals surface area contributed by atoms with Gasteiger partial charge >= 0.3 is 0 Å². The quantitative estimate of drug-likeness (QED) is 0.697. The molecule has 0 fully saturated rings. The molecule has 0 aromatic rings. The van der Waals surface area contributed by atoms with Gasteiger partial charge in [0.05, 0.1) is 19.1 Å². The lowest BCUT2D eigenvalue weighted by Crippen LogP contribution is -2.26. The van der Waals surface area contributed by atoms with Crippen LogP contribution in [0.2, 0.25) is 0 Å². The van der Waals surface area contributed by atoms with E-state index in [2.05, 4.69) is 21.6 Å². The van der Waals surface area contributed by atoms with E-state index in [0.717, 1.165) is 23.8 Å². The highest BCUT2D eigenvalue weighted by Gasteiger charge is 2.21. The second-order valence-corrected chi connectivity index (χ2v) is 3.45. The average molecular weight is 207 g/mol. The molecule has 1 aliphatic heterocycles. The number of aliphatic hydroxyl groups is 1. The second-order valence-electron chi connectivity index (χ2n) is 3.45. The maximum absolute atomic E-state index is 8.74. The Morgan fingerprint density at radius 3 is 2.80 bits per heavy atom. The van der Waals surface area contributed by atoms with E-state index in [-0.39, 0.29) is 12.5 Å². The minimum absolute atomic E-state index is 0.0507. The van der Waals surface area contributed by atoms with Gasteiger partial charge in [-0.2, -0.15) is 0 Å². The topological polar surface area (TPSA) is 57.3 Å². The fourth-order valence-electron chi connectivity index (χ4n) is 1.54. The molecule has 1 aliphatic rings. The Hall–Kier alpha value is -1.29. The summed E-state index contributed by atoms with van der Waals surface area (Å²) in [6, 6.07) is 0. The summed E-state index contributed by atoms with van der Waals surface area (Å²) in [7, 11) is 0. The van der Waals surface area contributed by atoms with Gasteiger partial charge in [-0.3, -0.25) is 4.99 Å². The van der Waals surface area contributed by atoms with Gasteiger partial charge in [-0.25, -0.2) is 9.98 Å². The van der Waals surface area contributed by atoms with Crippen LogP contribution in [0.5, 0.6) is 0 Å². The molecule has 1 N–H and O–H groups in total. The Balaban J connectivity index is 2.91. The largest absolute Gasteiger partial charge is 0.394 e. The van der Waals surface area contributed by atoms with Crippen molar-refractivity contribution in [1.29, 1.82) is 0 Å². The molecule has 0 aromatic carbocycles. The molecule has 0 saturated carbocycles. The summed E-state index contributed by atoms with van der Waals surface area (Å²) in [6.45, 7) is 7.98. The number of hydrogen-bond donors (Lipinski definition) is 1. The van der Waals surface area contributed by atoms with Crippen molar-refractivity contribution in [2.24, 2.45) is 20.9 Å². The summed E-state index contributed by atoms with van der Waals surface area (Å²) in [5, 5.41) is 8.74. The van der Waals surface area contributed by atoms with E-state index in [1.54, 1.807) is 0 Å². The molecule has 1 heterocycles. The molecule has 4 heteroatoms. The molecule has 0 radical (unpaired) electrons. The molecule has 0 saturated heterocycles. The van der Waals surface area contributed by atoms with Gasteiger partial charge in [-0.15, -0.1) is 6.58 Å². The van der Waals surface area contributed by atoms with E-state index in [9.17, 15) is 0 Å². The highest BCUT2D eigenvalue weighted by atomic mass is 16.3. The maximum Gasteiger partial charge on any atom is 0.134 e. The molecule has 4 nitrogen and oxygen atoms in total. The summed E-state index contributed by atoms with van der Waals surface area (Å²) in [5.41, 5.74) is 1.01.